The number of hydrogen-bond acceptors (Lipinski definition) is 6. The Morgan fingerprint density at radius 1 is 1.43 bits per heavy atom. The van der Waals surface area contributed by atoms with Gasteiger partial charge in [0, 0.05) is 23.4 Å². The van der Waals surface area contributed by atoms with Gasteiger partial charge in [-0.15, -0.1) is 0 Å². The zero-order valence-corrected chi connectivity index (χ0v) is 11.4. The van der Waals surface area contributed by atoms with E-state index in [4.69, 9.17) is 11.6 Å². The molecule has 0 aliphatic carbocycles. The molecule has 2 rings (SSSR count). The molecule has 9 heteroatoms. The lowest BCUT2D eigenvalue weighted by molar-refractivity contribution is -0.384. The Morgan fingerprint density at radius 3 is 2.76 bits per heavy atom. The Kier molecular flexibility index (Phi) is 3.99. The minimum Gasteiger partial charge on any atom is -0.464 e. The van der Waals surface area contributed by atoms with Crippen molar-refractivity contribution in [2.45, 2.75) is 0 Å². The Morgan fingerprint density at radius 2 is 2.14 bits per heavy atom. The number of carbonyl (C=O) groups excluding carboxylic acids is 1. The Hall–Kier alpha value is -2.74. The number of methoxy groups -OCH3 is 1. The lowest BCUT2D eigenvalue weighted by Gasteiger charge is -2.07. The third-order valence-corrected chi connectivity index (χ3v) is 2.80. The van der Waals surface area contributed by atoms with E-state index in [9.17, 15) is 19.7 Å². The predicted molar refractivity (Wildman–Crippen MR) is 72.8 cm³/mol. The molecule has 0 atom stereocenters. The van der Waals surface area contributed by atoms with E-state index in [-0.39, 0.29) is 16.4 Å². The second kappa shape index (κ2) is 5.71. The van der Waals surface area contributed by atoms with Crippen LogP contribution in [0, 0.1) is 10.1 Å². The van der Waals surface area contributed by atoms with Crippen LogP contribution in [0.3, 0.4) is 0 Å². The summed E-state index contributed by atoms with van der Waals surface area (Å²) in [5.74, 6) is -0.931. The van der Waals surface area contributed by atoms with E-state index in [2.05, 4.69) is 9.84 Å². The van der Waals surface area contributed by atoms with Crippen LogP contribution in [-0.2, 0) is 4.74 Å². The molecule has 0 saturated carbocycles. The molecule has 0 amide bonds. The number of aromatic nitrogens is 2. The fraction of sp³-hybridized carbons (Fsp3) is 0.0833. The number of nitro groups is 1. The van der Waals surface area contributed by atoms with Crippen molar-refractivity contribution in [1.29, 1.82) is 0 Å². The van der Waals surface area contributed by atoms with Crippen LogP contribution >= 0.6 is 11.6 Å². The van der Waals surface area contributed by atoms with Crippen molar-refractivity contribution in [1.82, 2.24) is 9.78 Å². The molecule has 0 aliphatic rings. The topological polar surface area (TPSA) is 104 Å². The van der Waals surface area contributed by atoms with Gasteiger partial charge < -0.3 is 4.74 Å². The zero-order valence-electron chi connectivity index (χ0n) is 10.6. The molecule has 21 heavy (non-hydrogen) atoms. The number of carbonyl (C=O) groups is 1. The highest BCUT2D eigenvalue weighted by Crippen LogP contribution is 2.25. The van der Waals surface area contributed by atoms with Gasteiger partial charge in [-0.05, 0) is 12.1 Å². The van der Waals surface area contributed by atoms with Crippen molar-refractivity contribution in [2.24, 2.45) is 0 Å². The van der Waals surface area contributed by atoms with Gasteiger partial charge in [0.1, 0.15) is 5.69 Å². The third-order valence-electron chi connectivity index (χ3n) is 2.57. The quantitative estimate of drug-likeness (QED) is 0.484. The second-order valence-corrected chi connectivity index (χ2v) is 4.29. The lowest BCUT2D eigenvalue weighted by atomic mass is 10.2. The number of esters is 1. The highest BCUT2D eigenvalue weighted by molar-refractivity contribution is 6.30. The number of rotatable bonds is 3. The van der Waals surface area contributed by atoms with E-state index in [1.807, 2.05) is 0 Å². The highest BCUT2D eigenvalue weighted by Gasteiger charge is 2.19. The number of benzene rings is 1. The first-order chi connectivity index (χ1) is 9.93. The minimum atomic E-state index is -0.931. The van der Waals surface area contributed by atoms with E-state index < -0.39 is 22.0 Å². The summed E-state index contributed by atoms with van der Waals surface area (Å²) < 4.78 is 5.46. The first-order valence-corrected chi connectivity index (χ1v) is 5.94. The van der Waals surface area contributed by atoms with Gasteiger partial charge in [0.05, 0.1) is 12.0 Å². The maximum absolute atomic E-state index is 11.6. The van der Waals surface area contributed by atoms with Gasteiger partial charge in [0.2, 0.25) is 11.1 Å². The average molecular weight is 310 g/mol. The third kappa shape index (κ3) is 2.90. The van der Waals surface area contributed by atoms with E-state index in [0.29, 0.717) is 0 Å². The number of halogens is 1. The van der Waals surface area contributed by atoms with Crippen LogP contribution in [0.1, 0.15) is 10.5 Å². The smallest absolute Gasteiger partial charge is 0.362 e. The summed E-state index contributed by atoms with van der Waals surface area (Å²) in [4.78, 5) is 33.4. The summed E-state index contributed by atoms with van der Waals surface area (Å²) in [6, 6.07) is 4.92. The molecule has 2 aromatic rings. The Bertz CT molecular complexity index is 787. The largest absolute Gasteiger partial charge is 0.464 e. The summed E-state index contributed by atoms with van der Waals surface area (Å²) in [5.41, 5.74) is -1.37. The lowest BCUT2D eigenvalue weighted by Crippen LogP contribution is -2.21. The molecule has 8 nitrogen and oxygen atoms in total. The number of nitro benzene ring substituents is 1. The monoisotopic (exact) mass is 309 g/mol. The molecule has 0 unspecified atom stereocenters. The molecule has 0 spiro atoms. The summed E-state index contributed by atoms with van der Waals surface area (Å²) in [6.45, 7) is 0. The molecule has 0 aliphatic heterocycles. The Balaban J connectivity index is 2.68. The van der Waals surface area contributed by atoms with Crippen molar-refractivity contribution in [2.75, 3.05) is 7.11 Å². The molecule has 1 heterocycles. The number of nitrogens with zero attached hydrogens (tertiary/aromatic N) is 3. The minimum absolute atomic E-state index is 0.0256. The van der Waals surface area contributed by atoms with Crippen LogP contribution in [0.5, 0.6) is 0 Å². The SMILES string of the molecule is COC(=O)c1nn(-c2cc(Cl)ccc2[N+](=O)[O-])ccc1=O. The summed E-state index contributed by atoms with van der Waals surface area (Å²) in [7, 11) is 1.10. The summed E-state index contributed by atoms with van der Waals surface area (Å²) in [6.07, 6.45) is 1.20. The summed E-state index contributed by atoms with van der Waals surface area (Å²) in [5, 5.41) is 15.0. The van der Waals surface area contributed by atoms with E-state index >= 15 is 0 Å². The summed E-state index contributed by atoms with van der Waals surface area (Å²) >= 11 is 5.82. The van der Waals surface area contributed by atoms with Crippen molar-refractivity contribution in [3.63, 3.8) is 0 Å². The van der Waals surface area contributed by atoms with Gasteiger partial charge in [-0.2, -0.15) is 5.10 Å². The molecule has 0 fully saturated rings. The average Bonchev–Trinajstić information content (AvgIpc) is 2.46. The van der Waals surface area contributed by atoms with Crippen LogP contribution in [0.15, 0.2) is 35.3 Å². The normalized spacial score (nSPS) is 10.2. The van der Waals surface area contributed by atoms with Gasteiger partial charge in [0.15, 0.2) is 0 Å². The van der Waals surface area contributed by atoms with Gasteiger partial charge >= 0.3 is 5.97 Å². The van der Waals surface area contributed by atoms with Gasteiger partial charge in [0.25, 0.3) is 5.69 Å². The van der Waals surface area contributed by atoms with E-state index in [0.717, 1.165) is 17.9 Å². The fourth-order valence-corrected chi connectivity index (χ4v) is 1.78. The molecule has 0 N–H and O–H groups in total. The maximum atomic E-state index is 11.6. The van der Waals surface area contributed by atoms with Crippen molar-refractivity contribution >= 4 is 23.3 Å². The number of ether oxygens (including phenoxy) is 1. The first-order valence-electron chi connectivity index (χ1n) is 5.56. The van der Waals surface area contributed by atoms with Crippen molar-refractivity contribution < 1.29 is 14.5 Å². The van der Waals surface area contributed by atoms with Gasteiger partial charge in [-0.1, -0.05) is 11.6 Å². The zero-order chi connectivity index (χ0) is 15.6. The van der Waals surface area contributed by atoms with Crippen LogP contribution in [0.4, 0.5) is 5.69 Å². The molecular formula is C12H8ClN3O5. The first kappa shape index (κ1) is 14.7. The van der Waals surface area contributed by atoms with Gasteiger partial charge in [-0.25, -0.2) is 9.48 Å². The molecule has 0 radical (unpaired) electrons. The van der Waals surface area contributed by atoms with E-state index in [1.54, 1.807) is 0 Å². The molecule has 1 aromatic carbocycles. The molecule has 0 saturated heterocycles. The van der Waals surface area contributed by atoms with Crippen LogP contribution < -0.4 is 5.43 Å². The molecular weight excluding hydrogens is 302 g/mol. The predicted octanol–water partition coefficient (Wildman–Crippen LogP) is 1.58. The molecule has 0 bridgehead atoms. The van der Waals surface area contributed by atoms with E-state index in [1.165, 1.54) is 24.4 Å². The molecule has 1 aromatic heterocycles. The Labute approximate surface area is 122 Å². The molecule has 108 valence electrons. The van der Waals surface area contributed by atoms with Crippen LogP contribution in [0.2, 0.25) is 5.02 Å². The van der Waals surface area contributed by atoms with Crippen LogP contribution in [-0.4, -0.2) is 27.8 Å². The van der Waals surface area contributed by atoms with Crippen LogP contribution in [0.25, 0.3) is 5.69 Å². The standard InChI is InChI=1S/C12H8ClN3O5/c1-21-12(18)11-10(17)4-5-15(14-11)9-6-7(13)2-3-8(9)16(19)20/h2-6H,1H3. The fourth-order valence-electron chi connectivity index (χ4n) is 1.61. The van der Waals surface area contributed by atoms with Crippen molar-refractivity contribution in [3.05, 3.63) is 61.5 Å². The maximum Gasteiger partial charge on any atom is 0.362 e. The highest BCUT2D eigenvalue weighted by atomic mass is 35.5. The second-order valence-electron chi connectivity index (χ2n) is 3.85. The number of hydrogen-bond donors (Lipinski definition) is 0. The van der Waals surface area contributed by atoms with Crippen molar-refractivity contribution in [3.8, 4) is 5.69 Å². The van der Waals surface area contributed by atoms with Gasteiger partial charge in [-0.3, -0.25) is 14.9 Å².